The van der Waals surface area contributed by atoms with Crippen molar-refractivity contribution in [2.75, 3.05) is 26.8 Å². The highest BCUT2D eigenvalue weighted by Crippen LogP contribution is 2.22. The van der Waals surface area contributed by atoms with Gasteiger partial charge in [-0.1, -0.05) is 23.2 Å². The third-order valence-electron chi connectivity index (χ3n) is 2.55. The van der Waals surface area contributed by atoms with E-state index in [4.69, 9.17) is 33.2 Å². The van der Waals surface area contributed by atoms with Gasteiger partial charge in [-0.2, -0.15) is 5.26 Å². The minimum absolute atomic E-state index is 0.488. The molecule has 0 spiro atoms. The second-order valence-electron chi connectivity index (χ2n) is 3.91. The molecule has 0 aliphatic carbocycles. The maximum atomic E-state index is 8.65. The number of rotatable bonds is 7. The van der Waals surface area contributed by atoms with E-state index < -0.39 is 0 Å². The van der Waals surface area contributed by atoms with Crippen molar-refractivity contribution in [3.63, 3.8) is 0 Å². The maximum absolute atomic E-state index is 8.65. The summed E-state index contributed by atoms with van der Waals surface area (Å²) in [6, 6.07) is 7.56. The Morgan fingerprint density at radius 2 is 2.11 bits per heavy atom. The molecule has 0 aromatic heterocycles. The van der Waals surface area contributed by atoms with E-state index in [9.17, 15) is 0 Å². The summed E-state index contributed by atoms with van der Waals surface area (Å²) in [6.45, 7) is 2.76. The normalized spacial score (nSPS) is 10.6. The van der Waals surface area contributed by atoms with Crippen LogP contribution in [-0.4, -0.2) is 31.7 Å². The predicted molar refractivity (Wildman–Crippen MR) is 73.8 cm³/mol. The van der Waals surface area contributed by atoms with Gasteiger partial charge in [0.05, 0.1) is 12.7 Å². The molecule has 0 fully saturated rings. The lowest BCUT2D eigenvalue weighted by Crippen LogP contribution is -2.28. The molecule has 18 heavy (non-hydrogen) atoms. The van der Waals surface area contributed by atoms with Crippen LogP contribution in [0.3, 0.4) is 0 Å². The highest BCUT2D eigenvalue weighted by atomic mass is 35.5. The number of hydrogen-bond donors (Lipinski definition) is 0. The van der Waals surface area contributed by atoms with Gasteiger partial charge in [0.25, 0.3) is 0 Å². The van der Waals surface area contributed by atoms with E-state index in [2.05, 4.69) is 11.0 Å². The number of ether oxygens (including phenoxy) is 1. The van der Waals surface area contributed by atoms with Crippen LogP contribution in [-0.2, 0) is 11.3 Å². The van der Waals surface area contributed by atoms with Crippen LogP contribution >= 0.6 is 23.2 Å². The minimum Gasteiger partial charge on any atom is -0.383 e. The van der Waals surface area contributed by atoms with E-state index in [1.165, 1.54) is 0 Å². The molecule has 1 aromatic carbocycles. The molecular formula is C13H16Cl2N2O. The summed E-state index contributed by atoms with van der Waals surface area (Å²) in [4.78, 5) is 2.13. The molecule has 0 heterocycles. The van der Waals surface area contributed by atoms with Crippen molar-refractivity contribution in [1.82, 2.24) is 4.90 Å². The number of methoxy groups -OCH3 is 1. The molecule has 0 saturated carbocycles. The molecule has 0 N–H and O–H groups in total. The van der Waals surface area contributed by atoms with Crippen molar-refractivity contribution in [2.24, 2.45) is 0 Å². The van der Waals surface area contributed by atoms with Crippen LogP contribution in [0.4, 0.5) is 0 Å². The Labute approximate surface area is 118 Å². The van der Waals surface area contributed by atoms with Crippen molar-refractivity contribution in [2.45, 2.75) is 13.0 Å². The van der Waals surface area contributed by atoms with Gasteiger partial charge in [0.2, 0.25) is 0 Å². The van der Waals surface area contributed by atoms with Crippen molar-refractivity contribution >= 4 is 23.2 Å². The van der Waals surface area contributed by atoms with Crippen molar-refractivity contribution in [1.29, 1.82) is 5.26 Å². The molecule has 0 bridgehead atoms. The fourth-order valence-electron chi connectivity index (χ4n) is 1.60. The average Bonchev–Trinajstić information content (AvgIpc) is 2.37. The Morgan fingerprint density at radius 3 is 2.78 bits per heavy atom. The van der Waals surface area contributed by atoms with Crippen molar-refractivity contribution < 1.29 is 4.74 Å². The molecule has 0 atom stereocenters. The van der Waals surface area contributed by atoms with Crippen LogP contribution in [0.2, 0.25) is 10.0 Å². The molecule has 0 aliphatic heterocycles. The summed E-state index contributed by atoms with van der Waals surface area (Å²) in [5.74, 6) is 0. The molecular weight excluding hydrogens is 271 g/mol. The van der Waals surface area contributed by atoms with Crippen LogP contribution in [0.15, 0.2) is 18.2 Å². The lowest BCUT2D eigenvalue weighted by Gasteiger charge is -2.21. The van der Waals surface area contributed by atoms with Crippen LogP contribution in [0.1, 0.15) is 12.0 Å². The Bertz CT molecular complexity index is 418. The largest absolute Gasteiger partial charge is 0.383 e. The van der Waals surface area contributed by atoms with E-state index in [1.54, 1.807) is 19.2 Å². The smallest absolute Gasteiger partial charge is 0.0635 e. The SMILES string of the molecule is COCCN(CCC#N)Cc1cc(Cl)ccc1Cl. The summed E-state index contributed by atoms with van der Waals surface area (Å²) in [5, 5.41) is 10.0. The number of benzene rings is 1. The van der Waals surface area contributed by atoms with E-state index in [0.29, 0.717) is 36.2 Å². The molecule has 5 heteroatoms. The summed E-state index contributed by atoms with van der Waals surface area (Å²) < 4.78 is 5.06. The minimum atomic E-state index is 0.488. The lowest BCUT2D eigenvalue weighted by atomic mass is 10.2. The molecule has 3 nitrogen and oxygen atoms in total. The zero-order valence-corrected chi connectivity index (χ0v) is 11.8. The van der Waals surface area contributed by atoms with Crippen molar-refractivity contribution in [3.8, 4) is 6.07 Å². The molecule has 98 valence electrons. The third-order valence-corrected chi connectivity index (χ3v) is 3.16. The Hall–Kier alpha value is -0.790. The first-order valence-corrected chi connectivity index (χ1v) is 6.45. The van der Waals surface area contributed by atoms with Gasteiger partial charge >= 0.3 is 0 Å². The van der Waals surface area contributed by atoms with Gasteiger partial charge in [0, 0.05) is 43.2 Å². The first-order chi connectivity index (χ1) is 8.67. The molecule has 1 rings (SSSR count). The van der Waals surface area contributed by atoms with Crippen LogP contribution in [0.25, 0.3) is 0 Å². The zero-order valence-electron chi connectivity index (χ0n) is 10.3. The predicted octanol–water partition coefficient (Wildman–Crippen LogP) is 3.36. The number of nitriles is 1. The monoisotopic (exact) mass is 286 g/mol. The van der Waals surface area contributed by atoms with Gasteiger partial charge in [-0.05, 0) is 23.8 Å². The summed E-state index contributed by atoms with van der Waals surface area (Å²) in [6.07, 6.45) is 0.488. The van der Waals surface area contributed by atoms with E-state index in [0.717, 1.165) is 12.1 Å². The zero-order chi connectivity index (χ0) is 13.4. The van der Waals surface area contributed by atoms with E-state index in [-0.39, 0.29) is 0 Å². The van der Waals surface area contributed by atoms with Gasteiger partial charge < -0.3 is 4.74 Å². The fourth-order valence-corrected chi connectivity index (χ4v) is 1.98. The third kappa shape index (κ3) is 5.24. The highest BCUT2D eigenvalue weighted by molar-refractivity contribution is 6.33. The molecule has 0 amide bonds. The van der Waals surface area contributed by atoms with E-state index >= 15 is 0 Å². The van der Waals surface area contributed by atoms with Gasteiger partial charge in [-0.25, -0.2) is 0 Å². The molecule has 0 aliphatic rings. The molecule has 0 radical (unpaired) electrons. The standard InChI is InChI=1S/C13H16Cl2N2O/c1-18-8-7-17(6-2-5-16)10-11-9-12(14)3-4-13(11)15/h3-4,9H,2,6-8,10H2,1H3. The Balaban J connectivity index is 2.68. The highest BCUT2D eigenvalue weighted by Gasteiger charge is 2.09. The van der Waals surface area contributed by atoms with E-state index in [1.807, 2.05) is 6.07 Å². The number of nitrogens with zero attached hydrogens (tertiary/aromatic N) is 2. The molecule has 0 unspecified atom stereocenters. The van der Waals surface area contributed by atoms with Gasteiger partial charge in [0.1, 0.15) is 0 Å². The summed E-state index contributed by atoms with van der Waals surface area (Å²) in [5.41, 5.74) is 0.971. The second kappa shape index (κ2) is 8.34. The van der Waals surface area contributed by atoms with Gasteiger partial charge in [-0.3, -0.25) is 4.90 Å². The van der Waals surface area contributed by atoms with Crippen LogP contribution in [0.5, 0.6) is 0 Å². The topological polar surface area (TPSA) is 36.3 Å². The summed E-state index contributed by atoms with van der Waals surface area (Å²) in [7, 11) is 1.66. The Kier molecular flexibility index (Phi) is 7.07. The maximum Gasteiger partial charge on any atom is 0.0635 e. The average molecular weight is 287 g/mol. The quantitative estimate of drug-likeness (QED) is 0.771. The first-order valence-electron chi connectivity index (χ1n) is 5.69. The number of halogens is 2. The lowest BCUT2D eigenvalue weighted by molar-refractivity contribution is 0.145. The first kappa shape index (κ1) is 15.3. The Morgan fingerprint density at radius 1 is 1.33 bits per heavy atom. The molecule has 1 aromatic rings. The van der Waals surface area contributed by atoms with Gasteiger partial charge in [-0.15, -0.1) is 0 Å². The second-order valence-corrected chi connectivity index (χ2v) is 4.76. The van der Waals surface area contributed by atoms with Crippen LogP contribution in [0, 0.1) is 11.3 Å². The van der Waals surface area contributed by atoms with Crippen LogP contribution < -0.4 is 0 Å². The van der Waals surface area contributed by atoms with Gasteiger partial charge in [0.15, 0.2) is 0 Å². The fraction of sp³-hybridized carbons (Fsp3) is 0.462. The molecule has 0 saturated heterocycles. The van der Waals surface area contributed by atoms with Crippen molar-refractivity contribution in [3.05, 3.63) is 33.8 Å². The number of hydrogen-bond acceptors (Lipinski definition) is 3. The summed E-state index contributed by atoms with van der Waals surface area (Å²) >= 11 is 12.1.